The molecule has 0 aromatic heterocycles. The molecule has 23 heavy (non-hydrogen) atoms. The maximum absolute atomic E-state index is 12.8. The van der Waals surface area contributed by atoms with E-state index < -0.39 is 17.3 Å². The van der Waals surface area contributed by atoms with E-state index in [-0.39, 0.29) is 24.8 Å². The molecule has 1 fully saturated rings. The zero-order chi connectivity index (χ0) is 16.9. The lowest BCUT2D eigenvalue weighted by molar-refractivity contribution is -0.139. The van der Waals surface area contributed by atoms with Crippen LogP contribution in [0.2, 0.25) is 0 Å². The van der Waals surface area contributed by atoms with Crippen molar-refractivity contribution in [2.24, 2.45) is 5.73 Å². The van der Waals surface area contributed by atoms with Crippen LogP contribution in [0.25, 0.3) is 0 Å². The standard InChI is InChI=1S/C16H21F3N2O2/c17-16(18,19)12-6-2-3-7-13(12)23-11-10-21-14(22)15(20)8-4-1-5-9-15/h2-3,6-7H,1,4-5,8-11,20H2,(H,21,22). The fourth-order valence-corrected chi connectivity index (χ4v) is 2.74. The number of nitrogens with one attached hydrogen (secondary N) is 1. The molecule has 0 heterocycles. The zero-order valence-electron chi connectivity index (χ0n) is 12.8. The molecule has 1 amide bonds. The highest BCUT2D eigenvalue weighted by Crippen LogP contribution is 2.35. The lowest BCUT2D eigenvalue weighted by Crippen LogP contribution is -2.55. The minimum atomic E-state index is -4.47. The van der Waals surface area contributed by atoms with Crippen molar-refractivity contribution in [3.05, 3.63) is 29.8 Å². The van der Waals surface area contributed by atoms with E-state index in [1.807, 2.05) is 0 Å². The lowest BCUT2D eigenvalue weighted by Gasteiger charge is -2.31. The fourth-order valence-electron chi connectivity index (χ4n) is 2.74. The molecule has 0 aliphatic heterocycles. The Balaban J connectivity index is 1.83. The van der Waals surface area contributed by atoms with Gasteiger partial charge in [-0.2, -0.15) is 13.2 Å². The first kappa shape index (κ1) is 17.6. The van der Waals surface area contributed by atoms with Crippen LogP contribution in [0.4, 0.5) is 13.2 Å². The van der Waals surface area contributed by atoms with Gasteiger partial charge >= 0.3 is 6.18 Å². The lowest BCUT2D eigenvalue weighted by atomic mass is 9.82. The second-order valence-corrected chi connectivity index (χ2v) is 5.82. The number of carbonyl (C=O) groups is 1. The highest BCUT2D eigenvalue weighted by atomic mass is 19.4. The maximum Gasteiger partial charge on any atom is 0.419 e. The third kappa shape index (κ3) is 4.60. The molecule has 1 aliphatic carbocycles. The van der Waals surface area contributed by atoms with E-state index >= 15 is 0 Å². The van der Waals surface area contributed by atoms with Crippen molar-refractivity contribution in [1.82, 2.24) is 5.32 Å². The number of alkyl halides is 3. The Morgan fingerprint density at radius 1 is 1.22 bits per heavy atom. The van der Waals surface area contributed by atoms with Crippen molar-refractivity contribution in [3.63, 3.8) is 0 Å². The van der Waals surface area contributed by atoms with Gasteiger partial charge in [-0.3, -0.25) is 4.79 Å². The maximum atomic E-state index is 12.8. The summed E-state index contributed by atoms with van der Waals surface area (Å²) in [6.07, 6.45) is -0.293. The number of halogens is 3. The van der Waals surface area contributed by atoms with Crippen LogP contribution >= 0.6 is 0 Å². The average Bonchev–Trinajstić information content (AvgIpc) is 2.51. The Bertz CT molecular complexity index is 540. The number of nitrogens with two attached hydrogens (primary N) is 1. The Labute approximate surface area is 133 Å². The Hall–Kier alpha value is -1.76. The van der Waals surface area contributed by atoms with Gasteiger partial charge in [0.15, 0.2) is 0 Å². The number of benzene rings is 1. The van der Waals surface area contributed by atoms with Crippen molar-refractivity contribution in [2.45, 2.75) is 43.8 Å². The monoisotopic (exact) mass is 330 g/mol. The molecule has 0 atom stereocenters. The van der Waals surface area contributed by atoms with Crippen molar-refractivity contribution in [1.29, 1.82) is 0 Å². The predicted molar refractivity (Wildman–Crippen MR) is 80.0 cm³/mol. The first-order chi connectivity index (χ1) is 10.8. The molecule has 7 heteroatoms. The van der Waals surface area contributed by atoms with Crippen LogP contribution < -0.4 is 15.8 Å². The summed E-state index contributed by atoms with van der Waals surface area (Å²) in [5, 5.41) is 2.65. The van der Waals surface area contributed by atoms with Crippen LogP contribution in [0.15, 0.2) is 24.3 Å². The van der Waals surface area contributed by atoms with Crippen LogP contribution in [0.5, 0.6) is 5.75 Å². The van der Waals surface area contributed by atoms with Crippen LogP contribution in [-0.4, -0.2) is 24.6 Å². The number of para-hydroxylation sites is 1. The quantitative estimate of drug-likeness (QED) is 0.816. The van der Waals surface area contributed by atoms with E-state index in [0.717, 1.165) is 25.3 Å². The van der Waals surface area contributed by atoms with Gasteiger partial charge in [0.2, 0.25) is 5.91 Å². The summed E-state index contributed by atoms with van der Waals surface area (Å²) in [4.78, 5) is 12.1. The summed E-state index contributed by atoms with van der Waals surface area (Å²) in [5.74, 6) is -0.501. The molecule has 1 aromatic rings. The molecule has 0 unspecified atom stereocenters. The first-order valence-electron chi connectivity index (χ1n) is 7.69. The van der Waals surface area contributed by atoms with Gasteiger partial charge in [0.1, 0.15) is 12.4 Å². The van der Waals surface area contributed by atoms with E-state index in [1.54, 1.807) is 0 Å². The van der Waals surface area contributed by atoms with E-state index in [1.165, 1.54) is 18.2 Å². The minimum Gasteiger partial charge on any atom is -0.491 e. The summed E-state index contributed by atoms with van der Waals surface area (Å²) in [7, 11) is 0. The normalized spacial score (nSPS) is 17.6. The number of amides is 1. The van der Waals surface area contributed by atoms with Gasteiger partial charge in [-0.25, -0.2) is 0 Å². The third-order valence-corrected chi connectivity index (χ3v) is 4.04. The molecule has 0 spiro atoms. The summed E-state index contributed by atoms with van der Waals surface area (Å²) >= 11 is 0. The average molecular weight is 330 g/mol. The number of ether oxygens (including phenoxy) is 1. The van der Waals surface area contributed by atoms with Crippen molar-refractivity contribution >= 4 is 5.91 Å². The van der Waals surface area contributed by atoms with E-state index in [4.69, 9.17) is 10.5 Å². The summed E-state index contributed by atoms with van der Waals surface area (Å²) < 4.78 is 43.6. The zero-order valence-corrected chi connectivity index (χ0v) is 12.8. The largest absolute Gasteiger partial charge is 0.491 e. The molecule has 3 N–H and O–H groups in total. The summed E-state index contributed by atoms with van der Waals surface area (Å²) in [5.41, 5.74) is 4.39. The molecule has 0 saturated heterocycles. The number of rotatable bonds is 5. The predicted octanol–water partition coefficient (Wildman–Crippen LogP) is 2.86. The van der Waals surface area contributed by atoms with Crippen molar-refractivity contribution in [3.8, 4) is 5.75 Å². The smallest absolute Gasteiger partial charge is 0.419 e. The van der Waals surface area contributed by atoms with Gasteiger partial charge < -0.3 is 15.8 Å². The second-order valence-electron chi connectivity index (χ2n) is 5.82. The van der Waals surface area contributed by atoms with Crippen LogP contribution in [0, 0.1) is 0 Å². The molecule has 128 valence electrons. The Morgan fingerprint density at radius 2 is 1.87 bits per heavy atom. The number of carbonyl (C=O) groups excluding carboxylic acids is 1. The first-order valence-corrected chi connectivity index (χ1v) is 7.69. The van der Waals surface area contributed by atoms with Crippen LogP contribution in [-0.2, 0) is 11.0 Å². The van der Waals surface area contributed by atoms with Gasteiger partial charge in [-0.1, -0.05) is 31.4 Å². The Kier molecular flexibility index (Phi) is 5.51. The molecule has 4 nitrogen and oxygen atoms in total. The molecule has 1 saturated carbocycles. The highest BCUT2D eigenvalue weighted by Gasteiger charge is 2.35. The second kappa shape index (κ2) is 7.21. The van der Waals surface area contributed by atoms with Gasteiger partial charge in [-0.15, -0.1) is 0 Å². The molecule has 2 rings (SSSR count). The third-order valence-electron chi connectivity index (χ3n) is 4.04. The van der Waals surface area contributed by atoms with Gasteiger partial charge in [0.05, 0.1) is 17.6 Å². The van der Waals surface area contributed by atoms with E-state index in [9.17, 15) is 18.0 Å². The number of hydrogen-bond acceptors (Lipinski definition) is 3. The van der Waals surface area contributed by atoms with E-state index in [2.05, 4.69) is 5.32 Å². The molecule has 0 bridgehead atoms. The molecular weight excluding hydrogens is 309 g/mol. The molecule has 1 aromatic carbocycles. The molecule has 1 aliphatic rings. The van der Waals surface area contributed by atoms with Crippen molar-refractivity contribution < 1.29 is 22.7 Å². The van der Waals surface area contributed by atoms with Crippen molar-refractivity contribution in [2.75, 3.05) is 13.2 Å². The van der Waals surface area contributed by atoms with Crippen LogP contribution in [0.3, 0.4) is 0 Å². The van der Waals surface area contributed by atoms with Gasteiger partial charge in [0, 0.05) is 0 Å². The molecule has 0 radical (unpaired) electrons. The topological polar surface area (TPSA) is 64.4 Å². The Morgan fingerprint density at radius 3 is 2.52 bits per heavy atom. The summed E-state index contributed by atoms with van der Waals surface area (Å²) in [6, 6.07) is 5.00. The number of hydrogen-bond donors (Lipinski definition) is 2. The summed E-state index contributed by atoms with van der Waals surface area (Å²) in [6.45, 7) is 0.0683. The fraction of sp³-hybridized carbons (Fsp3) is 0.562. The van der Waals surface area contributed by atoms with E-state index in [0.29, 0.717) is 12.8 Å². The minimum absolute atomic E-state index is 0.0467. The highest BCUT2D eigenvalue weighted by molar-refractivity contribution is 5.86. The van der Waals surface area contributed by atoms with Gasteiger partial charge in [-0.05, 0) is 25.0 Å². The SMILES string of the molecule is NC1(C(=O)NCCOc2ccccc2C(F)(F)F)CCCCC1. The molecular formula is C16H21F3N2O2. The van der Waals surface area contributed by atoms with Crippen LogP contribution in [0.1, 0.15) is 37.7 Å². The van der Waals surface area contributed by atoms with Gasteiger partial charge in [0.25, 0.3) is 0 Å².